The predicted octanol–water partition coefficient (Wildman–Crippen LogP) is 3.55. The minimum absolute atomic E-state index is 0.142. The lowest BCUT2D eigenvalue weighted by Crippen LogP contribution is -2.44. The van der Waals surface area contributed by atoms with E-state index < -0.39 is 14.8 Å². The second kappa shape index (κ2) is 6.59. The van der Waals surface area contributed by atoms with Gasteiger partial charge in [0.1, 0.15) is 10.5 Å². The molecule has 0 aliphatic heterocycles. The number of ether oxygens (including phenoxy) is 1. The number of allylic oxidation sites excluding steroid dienone is 3. The summed E-state index contributed by atoms with van der Waals surface area (Å²) in [5, 5.41) is 0.860. The van der Waals surface area contributed by atoms with E-state index >= 15 is 0 Å². The molecule has 0 saturated carbocycles. The Bertz CT molecular complexity index is 999. The van der Waals surface area contributed by atoms with Crippen LogP contribution in [0.25, 0.3) is 10.9 Å². The maximum Gasteiger partial charge on any atom is 0.252 e. The van der Waals surface area contributed by atoms with Crippen molar-refractivity contribution in [2.24, 2.45) is 11.7 Å². The third-order valence-corrected chi connectivity index (χ3v) is 7.53. The van der Waals surface area contributed by atoms with Crippen molar-refractivity contribution < 1.29 is 13.2 Å². The lowest BCUT2D eigenvalue weighted by atomic mass is 9.89. The number of hydrogen-bond donors (Lipinski definition) is 1. The Morgan fingerprint density at radius 3 is 2.62 bits per heavy atom. The fourth-order valence-electron chi connectivity index (χ4n) is 3.71. The number of hydrogen-bond acceptors (Lipinski definition) is 4. The highest BCUT2D eigenvalue weighted by Crippen LogP contribution is 2.41. The maximum atomic E-state index is 13.9. The zero-order valence-corrected chi connectivity index (χ0v) is 16.5. The molecule has 1 atom stereocenters. The number of aromatic nitrogens is 1. The van der Waals surface area contributed by atoms with Crippen LogP contribution in [-0.4, -0.2) is 24.2 Å². The SMILES string of the molecule is COC1=C(C(C)C)C=CCC1(C)S(=O)(=O)n1c(CN)cc2ccccc21. The number of benzene rings is 1. The molecule has 0 saturated heterocycles. The van der Waals surface area contributed by atoms with Gasteiger partial charge in [-0.15, -0.1) is 0 Å². The molecule has 1 aromatic carbocycles. The zero-order chi connectivity index (χ0) is 19.1. The highest BCUT2D eigenvalue weighted by Gasteiger charge is 2.48. The maximum absolute atomic E-state index is 13.9. The molecule has 5 nitrogen and oxygen atoms in total. The van der Waals surface area contributed by atoms with Gasteiger partial charge in [0.25, 0.3) is 10.0 Å². The van der Waals surface area contributed by atoms with Crippen LogP contribution in [0.4, 0.5) is 0 Å². The fraction of sp³-hybridized carbons (Fsp3) is 0.400. The Labute approximate surface area is 155 Å². The van der Waals surface area contributed by atoms with E-state index in [2.05, 4.69) is 0 Å². The molecule has 140 valence electrons. The van der Waals surface area contributed by atoms with Crippen molar-refractivity contribution in [1.29, 1.82) is 0 Å². The molecule has 0 bridgehead atoms. The molecule has 0 fully saturated rings. The first kappa shape index (κ1) is 18.7. The van der Waals surface area contributed by atoms with E-state index in [9.17, 15) is 8.42 Å². The van der Waals surface area contributed by atoms with Gasteiger partial charge in [-0.05, 0) is 37.0 Å². The quantitative estimate of drug-likeness (QED) is 0.868. The summed E-state index contributed by atoms with van der Waals surface area (Å²) in [7, 11) is -2.27. The number of fused-ring (bicyclic) bond motifs is 1. The first-order chi connectivity index (χ1) is 12.3. The number of para-hydroxylation sites is 1. The van der Waals surface area contributed by atoms with Crippen LogP contribution in [0, 0.1) is 5.92 Å². The van der Waals surface area contributed by atoms with Crippen LogP contribution in [0.5, 0.6) is 0 Å². The summed E-state index contributed by atoms with van der Waals surface area (Å²) in [6.45, 7) is 5.95. The van der Waals surface area contributed by atoms with Gasteiger partial charge in [-0.2, -0.15) is 0 Å². The molecule has 0 amide bonds. The van der Waals surface area contributed by atoms with Crippen LogP contribution < -0.4 is 5.73 Å². The minimum atomic E-state index is -3.81. The number of nitrogens with zero attached hydrogens (tertiary/aromatic N) is 1. The Morgan fingerprint density at radius 2 is 2.00 bits per heavy atom. The molecule has 26 heavy (non-hydrogen) atoms. The van der Waals surface area contributed by atoms with Gasteiger partial charge in [0.05, 0.1) is 12.6 Å². The molecule has 1 aliphatic rings. The van der Waals surface area contributed by atoms with E-state index in [4.69, 9.17) is 10.5 Å². The highest BCUT2D eigenvalue weighted by atomic mass is 32.2. The monoisotopic (exact) mass is 374 g/mol. The third kappa shape index (κ3) is 2.59. The fourth-order valence-corrected chi connectivity index (χ4v) is 5.72. The number of methoxy groups -OCH3 is 1. The average Bonchev–Trinajstić information content (AvgIpc) is 3.00. The second-order valence-corrected chi connectivity index (χ2v) is 9.37. The van der Waals surface area contributed by atoms with Crippen molar-refractivity contribution in [1.82, 2.24) is 3.97 Å². The first-order valence-corrected chi connectivity index (χ1v) is 10.2. The summed E-state index contributed by atoms with van der Waals surface area (Å²) >= 11 is 0. The molecule has 1 heterocycles. The standard InChI is InChI=1S/C20H26N2O3S/c1-14(2)17-9-7-11-20(3,19(17)25-4)26(23,24)22-16(13-21)12-15-8-5-6-10-18(15)22/h5-10,12,14H,11,13,21H2,1-4H3. The summed E-state index contributed by atoms with van der Waals surface area (Å²) in [5.41, 5.74) is 8.01. The topological polar surface area (TPSA) is 74.3 Å². The molecule has 6 heteroatoms. The van der Waals surface area contributed by atoms with Crippen molar-refractivity contribution in [3.8, 4) is 0 Å². The highest BCUT2D eigenvalue weighted by molar-refractivity contribution is 7.91. The van der Waals surface area contributed by atoms with Crippen molar-refractivity contribution in [2.45, 2.75) is 38.5 Å². The predicted molar refractivity (Wildman–Crippen MR) is 105 cm³/mol. The molecule has 3 rings (SSSR count). The number of nitrogens with two attached hydrogens (primary N) is 1. The van der Waals surface area contributed by atoms with E-state index in [1.54, 1.807) is 14.0 Å². The van der Waals surface area contributed by atoms with Gasteiger partial charge in [-0.3, -0.25) is 0 Å². The minimum Gasteiger partial charge on any atom is -0.499 e. The van der Waals surface area contributed by atoms with Gasteiger partial charge in [0.2, 0.25) is 0 Å². The van der Waals surface area contributed by atoms with E-state index in [0.29, 0.717) is 23.4 Å². The van der Waals surface area contributed by atoms with Crippen LogP contribution in [-0.2, 0) is 21.3 Å². The van der Waals surface area contributed by atoms with Crippen molar-refractivity contribution in [2.75, 3.05) is 7.11 Å². The van der Waals surface area contributed by atoms with E-state index in [1.807, 2.05) is 56.3 Å². The van der Waals surface area contributed by atoms with Crippen LogP contribution >= 0.6 is 0 Å². The Kier molecular flexibility index (Phi) is 4.75. The van der Waals surface area contributed by atoms with Crippen LogP contribution in [0.15, 0.2) is 53.8 Å². The zero-order valence-electron chi connectivity index (χ0n) is 15.7. The largest absolute Gasteiger partial charge is 0.499 e. The van der Waals surface area contributed by atoms with Gasteiger partial charge in [0, 0.05) is 17.6 Å². The van der Waals surface area contributed by atoms with Crippen LogP contribution in [0.3, 0.4) is 0 Å². The Morgan fingerprint density at radius 1 is 1.31 bits per heavy atom. The average molecular weight is 375 g/mol. The molecule has 1 unspecified atom stereocenters. The summed E-state index contributed by atoms with van der Waals surface area (Å²) in [6.07, 6.45) is 4.24. The molecule has 2 N–H and O–H groups in total. The summed E-state index contributed by atoms with van der Waals surface area (Å²) in [4.78, 5) is 0. The normalized spacial score (nSPS) is 21.0. The Balaban J connectivity index is 2.31. The lowest BCUT2D eigenvalue weighted by molar-refractivity contribution is 0.244. The second-order valence-electron chi connectivity index (χ2n) is 7.15. The van der Waals surface area contributed by atoms with Crippen molar-refractivity contribution >= 4 is 20.9 Å². The first-order valence-electron chi connectivity index (χ1n) is 8.77. The van der Waals surface area contributed by atoms with Gasteiger partial charge < -0.3 is 10.5 Å². The lowest BCUT2D eigenvalue weighted by Gasteiger charge is -2.35. The number of rotatable bonds is 5. The van der Waals surface area contributed by atoms with E-state index in [1.165, 1.54) is 3.97 Å². The molecule has 0 spiro atoms. The Hall–Kier alpha value is -2.05. The van der Waals surface area contributed by atoms with Crippen LogP contribution in [0.2, 0.25) is 0 Å². The molecular weight excluding hydrogens is 348 g/mol. The van der Waals surface area contributed by atoms with E-state index in [0.717, 1.165) is 11.0 Å². The molecule has 0 radical (unpaired) electrons. The van der Waals surface area contributed by atoms with Crippen LogP contribution in [0.1, 0.15) is 32.9 Å². The molecular formula is C20H26N2O3S. The van der Waals surface area contributed by atoms with Gasteiger partial charge in [-0.1, -0.05) is 44.2 Å². The van der Waals surface area contributed by atoms with Gasteiger partial charge in [0.15, 0.2) is 0 Å². The summed E-state index contributed by atoms with van der Waals surface area (Å²) in [5.74, 6) is 0.669. The van der Waals surface area contributed by atoms with Crippen molar-refractivity contribution in [3.05, 3.63) is 59.5 Å². The van der Waals surface area contributed by atoms with Gasteiger partial charge in [-0.25, -0.2) is 12.4 Å². The summed E-state index contributed by atoms with van der Waals surface area (Å²) < 4.78 is 33.6. The molecule has 2 aromatic rings. The smallest absolute Gasteiger partial charge is 0.252 e. The third-order valence-electron chi connectivity index (χ3n) is 5.13. The van der Waals surface area contributed by atoms with Crippen molar-refractivity contribution in [3.63, 3.8) is 0 Å². The summed E-state index contributed by atoms with van der Waals surface area (Å²) in [6, 6.07) is 9.28. The van der Waals surface area contributed by atoms with E-state index in [-0.39, 0.29) is 12.5 Å². The molecule has 1 aliphatic carbocycles. The molecule has 1 aromatic heterocycles. The van der Waals surface area contributed by atoms with Gasteiger partial charge >= 0.3 is 0 Å².